The number of carboxylic acids is 1. The van der Waals surface area contributed by atoms with Crippen LogP contribution in [0, 0.1) is 6.92 Å². The summed E-state index contributed by atoms with van der Waals surface area (Å²) in [6.07, 6.45) is 0.561. The molecule has 1 aromatic rings. The molecule has 120 valence electrons. The average molecular weight is 343 g/mol. The molecule has 0 radical (unpaired) electrons. The zero-order valence-electron chi connectivity index (χ0n) is 12.0. The monoisotopic (exact) mass is 343 g/mol. The highest BCUT2D eigenvalue weighted by Gasteiger charge is 2.28. The number of nitrogens with one attached hydrogen (secondary N) is 1. The highest BCUT2D eigenvalue weighted by Crippen LogP contribution is 2.25. The van der Waals surface area contributed by atoms with Gasteiger partial charge in [-0.1, -0.05) is 11.6 Å². The number of amides is 1. The van der Waals surface area contributed by atoms with Crippen LogP contribution in [0.4, 0.5) is 5.69 Å². The van der Waals surface area contributed by atoms with Crippen LogP contribution in [-0.2, 0) is 14.6 Å². The Balaban J connectivity index is 1.94. The zero-order chi connectivity index (χ0) is 16.3. The van der Waals surface area contributed by atoms with Gasteiger partial charge in [-0.05, 0) is 25.5 Å². The van der Waals surface area contributed by atoms with Crippen LogP contribution in [0.5, 0.6) is 0 Å². The van der Waals surface area contributed by atoms with Crippen LogP contribution < -0.4 is 5.32 Å². The minimum absolute atomic E-state index is 0.0433. The highest BCUT2D eigenvalue weighted by molar-refractivity contribution is 8.02. The first kappa shape index (κ1) is 16.8. The number of anilines is 1. The molecule has 1 aliphatic rings. The van der Waals surface area contributed by atoms with Gasteiger partial charge in [0.15, 0.2) is 9.84 Å². The molecule has 1 heterocycles. The quantitative estimate of drug-likeness (QED) is 0.841. The first-order valence-electron chi connectivity index (χ1n) is 6.72. The summed E-state index contributed by atoms with van der Waals surface area (Å²) in [5, 5.41) is 11.7. The molecule has 1 amide bonds. The Hall–Kier alpha value is -1.54. The number of hydrogen-bond donors (Lipinski definition) is 2. The van der Waals surface area contributed by atoms with Crippen LogP contribution >= 0.6 is 11.8 Å². The number of carbonyl (C=O) groups is 2. The number of carbonyl (C=O) groups excluding carboxylic acids is 1. The lowest BCUT2D eigenvalue weighted by atomic mass is 10.1. The molecule has 1 unspecified atom stereocenters. The molecule has 2 rings (SSSR count). The fraction of sp³-hybridized carbons (Fsp3) is 0.429. The molecule has 1 aliphatic heterocycles. The largest absolute Gasteiger partial charge is 0.478 e. The number of aromatic carboxylic acids is 1. The van der Waals surface area contributed by atoms with E-state index in [-0.39, 0.29) is 39.7 Å². The lowest BCUT2D eigenvalue weighted by Crippen LogP contribution is -2.19. The Bertz CT molecular complexity index is 699. The summed E-state index contributed by atoms with van der Waals surface area (Å²) in [5.41, 5.74) is 1.09. The topological polar surface area (TPSA) is 101 Å². The molecule has 1 saturated heterocycles. The van der Waals surface area contributed by atoms with E-state index >= 15 is 0 Å². The van der Waals surface area contributed by atoms with E-state index in [0.717, 1.165) is 5.56 Å². The van der Waals surface area contributed by atoms with Crippen molar-refractivity contribution >= 4 is 39.2 Å². The van der Waals surface area contributed by atoms with Gasteiger partial charge in [0.05, 0.1) is 28.5 Å². The average Bonchev–Trinajstić information content (AvgIpc) is 2.78. The smallest absolute Gasteiger partial charge is 0.337 e. The molecule has 22 heavy (non-hydrogen) atoms. The molecular formula is C14H17NO5S2. The minimum atomic E-state index is -2.96. The van der Waals surface area contributed by atoms with Crippen LogP contribution in [0.15, 0.2) is 18.2 Å². The zero-order valence-corrected chi connectivity index (χ0v) is 13.7. The van der Waals surface area contributed by atoms with Gasteiger partial charge in [-0.2, -0.15) is 0 Å². The van der Waals surface area contributed by atoms with Crippen LogP contribution in [0.2, 0.25) is 0 Å². The predicted octanol–water partition coefficient (Wildman–Crippen LogP) is 1.55. The molecule has 2 N–H and O–H groups in total. The normalized spacial score (nSPS) is 19.8. The van der Waals surface area contributed by atoms with Gasteiger partial charge in [0.25, 0.3) is 0 Å². The van der Waals surface area contributed by atoms with E-state index in [0.29, 0.717) is 6.42 Å². The SMILES string of the molecule is Cc1ccc(NC(=O)CSC2CCS(=O)(=O)C2)c(C(=O)O)c1. The number of rotatable bonds is 5. The van der Waals surface area contributed by atoms with Gasteiger partial charge in [0.1, 0.15) is 0 Å². The van der Waals surface area contributed by atoms with Crippen molar-refractivity contribution in [1.29, 1.82) is 0 Å². The van der Waals surface area contributed by atoms with Crippen molar-refractivity contribution in [2.24, 2.45) is 0 Å². The lowest BCUT2D eigenvalue weighted by Gasteiger charge is -2.11. The minimum Gasteiger partial charge on any atom is -0.478 e. The van der Waals surface area contributed by atoms with Gasteiger partial charge < -0.3 is 10.4 Å². The standard InChI is InChI=1S/C14H17NO5S2/c1-9-2-3-12(11(6-9)14(17)18)15-13(16)7-21-10-4-5-22(19,20)8-10/h2-3,6,10H,4-5,7-8H2,1H3,(H,15,16)(H,17,18). The molecule has 8 heteroatoms. The van der Waals surface area contributed by atoms with Crippen molar-refractivity contribution in [3.8, 4) is 0 Å². The Morgan fingerprint density at radius 3 is 2.73 bits per heavy atom. The number of thioether (sulfide) groups is 1. The number of aryl methyl sites for hydroxylation is 1. The third-order valence-electron chi connectivity index (χ3n) is 3.32. The van der Waals surface area contributed by atoms with Crippen molar-refractivity contribution < 1.29 is 23.1 Å². The molecule has 0 bridgehead atoms. The van der Waals surface area contributed by atoms with E-state index < -0.39 is 15.8 Å². The van der Waals surface area contributed by atoms with Gasteiger partial charge in [-0.3, -0.25) is 4.79 Å². The molecule has 0 saturated carbocycles. The Labute approximate surface area is 133 Å². The first-order valence-corrected chi connectivity index (χ1v) is 9.60. The van der Waals surface area contributed by atoms with E-state index in [4.69, 9.17) is 5.11 Å². The molecule has 0 aromatic heterocycles. The summed E-state index contributed by atoms with van der Waals surface area (Å²) in [6.45, 7) is 1.77. The second kappa shape index (κ2) is 6.70. The summed E-state index contributed by atoms with van der Waals surface area (Å²) < 4.78 is 22.7. The van der Waals surface area contributed by atoms with E-state index in [2.05, 4.69) is 5.32 Å². The summed E-state index contributed by atoms with van der Waals surface area (Å²) in [5.74, 6) is -1.05. The number of benzene rings is 1. The Morgan fingerprint density at radius 2 is 2.14 bits per heavy atom. The van der Waals surface area contributed by atoms with Crippen LogP contribution in [0.25, 0.3) is 0 Å². The van der Waals surface area contributed by atoms with Gasteiger partial charge >= 0.3 is 5.97 Å². The van der Waals surface area contributed by atoms with E-state index in [1.54, 1.807) is 19.1 Å². The van der Waals surface area contributed by atoms with Crippen LogP contribution in [-0.4, -0.2) is 47.9 Å². The molecule has 1 aromatic carbocycles. The fourth-order valence-corrected chi connectivity index (χ4v) is 5.66. The van der Waals surface area contributed by atoms with Gasteiger partial charge in [-0.25, -0.2) is 13.2 Å². The number of carboxylic acid groups (broad SMARTS) is 1. The van der Waals surface area contributed by atoms with Gasteiger partial charge in [0, 0.05) is 5.25 Å². The van der Waals surface area contributed by atoms with Crippen LogP contribution in [0.3, 0.4) is 0 Å². The van der Waals surface area contributed by atoms with Gasteiger partial charge in [-0.15, -0.1) is 11.8 Å². The van der Waals surface area contributed by atoms with Crippen molar-refractivity contribution in [3.63, 3.8) is 0 Å². The summed E-state index contributed by atoms with van der Waals surface area (Å²) in [4.78, 5) is 23.1. The maximum absolute atomic E-state index is 11.9. The Kier molecular flexibility index (Phi) is 5.12. The van der Waals surface area contributed by atoms with Crippen molar-refractivity contribution in [2.45, 2.75) is 18.6 Å². The van der Waals surface area contributed by atoms with Crippen LogP contribution in [0.1, 0.15) is 22.3 Å². The third-order valence-corrected chi connectivity index (χ3v) is 6.60. The van der Waals surface area contributed by atoms with E-state index in [1.807, 2.05) is 0 Å². The second-order valence-electron chi connectivity index (χ2n) is 5.24. The molecule has 6 nitrogen and oxygen atoms in total. The van der Waals surface area contributed by atoms with Crippen molar-refractivity contribution in [1.82, 2.24) is 0 Å². The predicted molar refractivity (Wildman–Crippen MR) is 86.3 cm³/mol. The van der Waals surface area contributed by atoms with Crippen molar-refractivity contribution in [2.75, 3.05) is 22.6 Å². The van der Waals surface area contributed by atoms with Crippen molar-refractivity contribution in [3.05, 3.63) is 29.3 Å². The number of sulfone groups is 1. The molecule has 1 atom stereocenters. The second-order valence-corrected chi connectivity index (χ2v) is 8.76. The van der Waals surface area contributed by atoms with E-state index in [9.17, 15) is 18.0 Å². The molecule has 0 aliphatic carbocycles. The molecule has 1 fully saturated rings. The Morgan fingerprint density at radius 1 is 1.41 bits per heavy atom. The molecule has 0 spiro atoms. The maximum atomic E-state index is 11.9. The highest BCUT2D eigenvalue weighted by atomic mass is 32.2. The van der Waals surface area contributed by atoms with E-state index in [1.165, 1.54) is 17.8 Å². The molecular weight excluding hydrogens is 326 g/mol. The fourth-order valence-electron chi connectivity index (χ4n) is 2.22. The summed E-state index contributed by atoms with van der Waals surface area (Å²) in [6, 6.07) is 4.77. The first-order chi connectivity index (χ1) is 10.3. The third kappa shape index (κ3) is 4.48. The summed E-state index contributed by atoms with van der Waals surface area (Å²) in [7, 11) is -2.96. The lowest BCUT2D eigenvalue weighted by molar-refractivity contribution is -0.113. The summed E-state index contributed by atoms with van der Waals surface area (Å²) >= 11 is 1.29. The van der Waals surface area contributed by atoms with Gasteiger partial charge in [0.2, 0.25) is 5.91 Å². The maximum Gasteiger partial charge on any atom is 0.337 e. The number of hydrogen-bond acceptors (Lipinski definition) is 5.